The minimum absolute atomic E-state index is 0. The van der Waals surface area contributed by atoms with Gasteiger partial charge in [-0.15, -0.1) is 0 Å². The van der Waals surface area contributed by atoms with Gasteiger partial charge in [0.15, 0.2) is 0 Å². The van der Waals surface area contributed by atoms with Crippen LogP contribution in [0.15, 0.2) is 24.3 Å². The molecule has 0 saturated heterocycles. The molecule has 0 radical (unpaired) electrons. The number of aromatic carboxylic acids is 1. The van der Waals surface area contributed by atoms with Crippen LogP contribution in [-0.4, -0.2) is 61.4 Å². The molecule has 0 heterocycles. The summed E-state index contributed by atoms with van der Waals surface area (Å²) in [5, 5.41) is 9.13. The van der Waals surface area contributed by atoms with Gasteiger partial charge in [0.2, 0.25) is 0 Å². The van der Waals surface area contributed by atoms with E-state index in [0.29, 0.717) is 6.61 Å². The van der Waals surface area contributed by atoms with Crippen molar-refractivity contribution in [2.45, 2.75) is 110 Å². The summed E-state index contributed by atoms with van der Waals surface area (Å²) in [6, 6.07) is 6.18. The molecule has 31 heavy (non-hydrogen) atoms. The molecule has 5 heteroatoms. The molecule has 0 saturated carbocycles. The van der Waals surface area contributed by atoms with E-state index in [2.05, 4.69) is 6.92 Å². The van der Waals surface area contributed by atoms with E-state index in [9.17, 15) is 9.59 Å². The fourth-order valence-corrected chi connectivity index (χ4v) is 3.74. The van der Waals surface area contributed by atoms with E-state index >= 15 is 0 Å². The predicted molar refractivity (Wildman–Crippen MR) is 132 cm³/mol. The summed E-state index contributed by atoms with van der Waals surface area (Å²) in [5.74, 6) is -1.65. The second-order valence-corrected chi connectivity index (χ2v) is 8.29. The predicted octanol–water partition coefficient (Wildman–Crippen LogP) is 6.89. The Balaban J connectivity index is 0.00000900. The molecule has 0 aliphatic heterocycles. The average Bonchev–Trinajstić information content (AvgIpc) is 2.75. The van der Waals surface area contributed by atoms with Gasteiger partial charge in [0.25, 0.3) is 0 Å². The molecule has 0 unspecified atom stereocenters. The first-order valence-electron chi connectivity index (χ1n) is 12.2. The van der Waals surface area contributed by atoms with Crippen molar-refractivity contribution >= 4 is 49.7 Å². The molecule has 0 fully saturated rings. The molecule has 0 atom stereocenters. The summed E-state index contributed by atoms with van der Waals surface area (Å²) < 4.78 is 5.24. The van der Waals surface area contributed by atoms with Gasteiger partial charge in [-0.3, -0.25) is 0 Å². The van der Waals surface area contributed by atoms with Crippen molar-refractivity contribution in [3.8, 4) is 0 Å². The first-order chi connectivity index (χ1) is 14.7. The Labute approximate surface area is 219 Å². The number of hydrogen-bond donors (Lipinski definition) is 1. The van der Waals surface area contributed by atoms with E-state index in [0.717, 1.165) is 12.8 Å². The molecule has 1 rings (SSSR count). The number of carbonyl (C=O) groups is 2. The number of ether oxygens (including phenoxy) is 1. The molecule has 1 aromatic carbocycles. The number of esters is 1. The topological polar surface area (TPSA) is 63.6 Å². The zero-order valence-electron chi connectivity index (χ0n) is 19.0. The molecule has 0 bridgehead atoms. The van der Waals surface area contributed by atoms with E-state index in [-0.39, 0.29) is 48.9 Å². The van der Waals surface area contributed by atoms with E-state index < -0.39 is 11.9 Å². The molecule has 174 valence electrons. The van der Waals surface area contributed by atoms with Crippen LogP contribution in [0.5, 0.6) is 0 Å². The van der Waals surface area contributed by atoms with Crippen LogP contribution in [0.3, 0.4) is 0 Å². The van der Waals surface area contributed by atoms with Crippen molar-refractivity contribution < 1.29 is 19.4 Å². The van der Waals surface area contributed by atoms with Gasteiger partial charge in [0.1, 0.15) is 0 Å². The molecule has 0 spiro atoms. The second-order valence-electron chi connectivity index (χ2n) is 8.29. The Morgan fingerprint density at radius 1 is 0.677 bits per heavy atom. The Hall–Kier alpha value is -0.580. The van der Waals surface area contributed by atoms with Crippen molar-refractivity contribution in [3.63, 3.8) is 0 Å². The fraction of sp³-hybridized carbons (Fsp3) is 0.692. The van der Waals surface area contributed by atoms with E-state index in [1.165, 1.54) is 102 Å². The van der Waals surface area contributed by atoms with Crippen LogP contribution < -0.4 is 0 Å². The molecular formula is C26H44CaO4. The SMILES string of the molecule is CCCCCCCCCCCCCCCCCCOC(=O)c1ccccc1C(=O)O.[CaH2]. The number of rotatable bonds is 19. The van der Waals surface area contributed by atoms with Crippen molar-refractivity contribution in [1.29, 1.82) is 0 Å². The van der Waals surface area contributed by atoms with E-state index in [1.807, 2.05) is 0 Å². The fourth-order valence-electron chi connectivity index (χ4n) is 3.74. The number of hydrogen-bond acceptors (Lipinski definition) is 3. The summed E-state index contributed by atoms with van der Waals surface area (Å²) in [7, 11) is 0. The van der Waals surface area contributed by atoms with Crippen molar-refractivity contribution in [2.75, 3.05) is 6.61 Å². The zero-order valence-corrected chi connectivity index (χ0v) is 19.0. The monoisotopic (exact) mass is 460 g/mol. The van der Waals surface area contributed by atoms with Gasteiger partial charge in [0.05, 0.1) is 17.7 Å². The van der Waals surface area contributed by atoms with Gasteiger partial charge in [-0.05, 0) is 18.6 Å². The summed E-state index contributed by atoms with van der Waals surface area (Å²) in [6.45, 7) is 2.62. The minimum atomic E-state index is -1.11. The Bertz CT molecular complexity index is 589. The first-order valence-corrected chi connectivity index (χ1v) is 12.2. The van der Waals surface area contributed by atoms with Crippen molar-refractivity contribution in [2.24, 2.45) is 0 Å². The van der Waals surface area contributed by atoms with Gasteiger partial charge < -0.3 is 9.84 Å². The quantitative estimate of drug-likeness (QED) is 0.139. The van der Waals surface area contributed by atoms with Gasteiger partial charge in [-0.2, -0.15) is 0 Å². The van der Waals surface area contributed by atoms with Gasteiger partial charge in [0, 0.05) is 0 Å². The van der Waals surface area contributed by atoms with Crippen LogP contribution in [-0.2, 0) is 4.74 Å². The summed E-state index contributed by atoms with van der Waals surface area (Å²) >= 11 is 0. The van der Waals surface area contributed by atoms with Crippen molar-refractivity contribution in [3.05, 3.63) is 35.4 Å². The molecule has 4 nitrogen and oxygen atoms in total. The average molecular weight is 461 g/mol. The number of unbranched alkanes of at least 4 members (excludes halogenated alkanes) is 15. The van der Waals surface area contributed by atoms with Crippen LogP contribution in [0.4, 0.5) is 0 Å². The molecule has 0 aliphatic rings. The maximum atomic E-state index is 12.0. The number of carbonyl (C=O) groups excluding carboxylic acids is 1. The maximum absolute atomic E-state index is 12.0. The third-order valence-corrected chi connectivity index (χ3v) is 5.61. The number of benzene rings is 1. The van der Waals surface area contributed by atoms with Crippen LogP contribution in [0.2, 0.25) is 0 Å². The number of carboxylic acid groups (broad SMARTS) is 1. The Morgan fingerprint density at radius 3 is 1.48 bits per heavy atom. The molecule has 0 aliphatic carbocycles. The summed E-state index contributed by atoms with van der Waals surface area (Å²) in [6.07, 6.45) is 20.8. The van der Waals surface area contributed by atoms with Crippen LogP contribution in [0.1, 0.15) is 130 Å². The summed E-state index contributed by atoms with van der Waals surface area (Å²) in [4.78, 5) is 23.2. The van der Waals surface area contributed by atoms with Gasteiger partial charge in [-0.1, -0.05) is 115 Å². The third-order valence-electron chi connectivity index (χ3n) is 5.61. The molecule has 1 aromatic rings. The van der Waals surface area contributed by atoms with Crippen molar-refractivity contribution in [1.82, 2.24) is 0 Å². The van der Waals surface area contributed by atoms with Gasteiger partial charge >= 0.3 is 49.7 Å². The standard InChI is InChI=1S/C26H42O4.Ca.2H/c1-2-3-4-5-6-7-8-9-10-11-12-13-14-15-16-19-22-30-26(29)24-21-18-17-20-23(24)25(27)28;;;/h17-18,20-21H,2-16,19,22H2,1H3,(H,27,28);;;. The molecule has 0 aromatic heterocycles. The summed E-state index contributed by atoms with van der Waals surface area (Å²) in [5.41, 5.74) is 0.121. The Kier molecular flexibility index (Phi) is 20.9. The molecular weight excluding hydrogens is 416 g/mol. The van der Waals surface area contributed by atoms with Crippen LogP contribution in [0.25, 0.3) is 0 Å². The van der Waals surface area contributed by atoms with Crippen LogP contribution >= 0.6 is 0 Å². The van der Waals surface area contributed by atoms with Crippen LogP contribution in [0, 0.1) is 0 Å². The molecule has 1 N–H and O–H groups in total. The first kappa shape index (κ1) is 30.4. The third kappa shape index (κ3) is 15.8. The zero-order chi connectivity index (χ0) is 21.9. The normalized spacial score (nSPS) is 10.5. The second kappa shape index (κ2) is 21.3. The van der Waals surface area contributed by atoms with Gasteiger partial charge in [-0.25, -0.2) is 9.59 Å². The Morgan fingerprint density at radius 2 is 1.06 bits per heavy atom. The molecule has 0 amide bonds. The van der Waals surface area contributed by atoms with E-state index in [4.69, 9.17) is 9.84 Å². The number of carboxylic acids is 1. The van der Waals surface area contributed by atoms with E-state index in [1.54, 1.807) is 12.1 Å².